The molecule has 1 aromatic rings. The molecule has 1 rings (SSSR count). The van der Waals surface area contributed by atoms with Gasteiger partial charge in [-0.05, 0) is 17.7 Å². The van der Waals surface area contributed by atoms with Gasteiger partial charge in [-0.15, -0.1) is 0 Å². The van der Waals surface area contributed by atoms with Crippen LogP contribution >= 0.6 is 11.6 Å². The molecule has 0 spiro atoms. The van der Waals surface area contributed by atoms with E-state index in [4.69, 9.17) is 17.4 Å². The number of halogens is 2. The van der Waals surface area contributed by atoms with E-state index in [1.165, 1.54) is 25.2 Å². The Morgan fingerprint density at radius 1 is 1.64 bits per heavy atom. The zero-order valence-corrected chi connectivity index (χ0v) is 8.38. The van der Waals surface area contributed by atoms with Crippen molar-refractivity contribution in [1.82, 2.24) is 5.01 Å². The van der Waals surface area contributed by atoms with Crippen molar-refractivity contribution in [2.45, 2.75) is 6.42 Å². The Balaban J connectivity index is 2.82. The number of likely N-dealkylation sites (N-methyl/N-ethyl adjacent to an activating group) is 1. The molecule has 5 heteroatoms. The van der Waals surface area contributed by atoms with Crippen LogP contribution in [0.4, 0.5) is 4.39 Å². The standard InChI is InChI=1S/C9H10ClFN2O/c1-13(12)9(14)4-6-2-3-7(11)5-8(6)10/h2-3,5H,4,12H2,1H3. The lowest BCUT2D eigenvalue weighted by molar-refractivity contribution is -0.129. The van der Waals surface area contributed by atoms with Crippen molar-refractivity contribution < 1.29 is 9.18 Å². The topological polar surface area (TPSA) is 46.3 Å². The molecule has 0 heterocycles. The van der Waals surface area contributed by atoms with E-state index in [1.54, 1.807) is 0 Å². The van der Waals surface area contributed by atoms with E-state index in [1.807, 2.05) is 0 Å². The fourth-order valence-corrected chi connectivity index (χ4v) is 1.19. The van der Waals surface area contributed by atoms with Crippen LogP contribution in [0, 0.1) is 5.82 Å². The molecule has 1 aromatic carbocycles. The lowest BCUT2D eigenvalue weighted by Crippen LogP contribution is -2.34. The van der Waals surface area contributed by atoms with Crippen molar-refractivity contribution in [2.24, 2.45) is 5.84 Å². The van der Waals surface area contributed by atoms with E-state index in [-0.39, 0.29) is 17.4 Å². The van der Waals surface area contributed by atoms with Crippen LogP contribution < -0.4 is 5.84 Å². The molecule has 0 saturated carbocycles. The second-order valence-electron chi connectivity index (χ2n) is 2.92. The summed E-state index contributed by atoms with van der Waals surface area (Å²) in [4.78, 5) is 11.2. The van der Waals surface area contributed by atoms with Crippen LogP contribution in [0.3, 0.4) is 0 Å². The summed E-state index contributed by atoms with van der Waals surface area (Å²) in [7, 11) is 1.44. The maximum Gasteiger partial charge on any atom is 0.240 e. The van der Waals surface area contributed by atoms with Gasteiger partial charge in [0.15, 0.2) is 0 Å². The summed E-state index contributed by atoms with van der Waals surface area (Å²) >= 11 is 5.73. The molecule has 0 unspecified atom stereocenters. The second-order valence-corrected chi connectivity index (χ2v) is 3.32. The van der Waals surface area contributed by atoms with E-state index in [2.05, 4.69) is 0 Å². The summed E-state index contributed by atoms with van der Waals surface area (Å²) in [6.45, 7) is 0. The minimum Gasteiger partial charge on any atom is -0.284 e. The number of nitrogens with zero attached hydrogens (tertiary/aromatic N) is 1. The third-order valence-electron chi connectivity index (χ3n) is 1.75. The molecule has 2 N–H and O–H groups in total. The molecule has 1 amide bonds. The summed E-state index contributed by atoms with van der Waals surface area (Å²) in [5, 5.41) is 1.21. The lowest BCUT2D eigenvalue weighted by atomic mass is 10.1. The average molecular weight is 217 g/mol. The number of carbonyl (C=O) groups excluding carboxylic acids is 1. The largest absolute Gasteiger partial charge is 0.284 e. The number of hydrogen-bond acceptors (Lipinski definition) is 2. The number of benzene rings is 1. The van der Waals surface area contributed by atoms with Crippen LogP contribution in [0.1, 0.15) is 5.56 Å². The van der Waals surface area contributed by atoms with Crippen molar-refractivity contribution in [3.63, 3.8) is 0 Å². The van der Waals surface area contributed by atoms with Crippen LogP contribution in [-0.2, 0) is 11.2 Å². The van der Waals surface area contributed by atoms with Gasteiger partial charge in [-0.1, -0.05) is 17.7 Å². The van der Waals surface area contributed by atoms with Crippen molar-refractivity contribution in [1.29, 1.82) is 0 Å². The van der Waals surface area contributed by atoms with Gasteiger partial charge < -0.3 is 0 Å². The highest BCUT2D eigenvalue weighted by Crippen LogP contribution is 2.17. The third-order valence-corrected chi connectivity index (χ3v) is 2.10. The van der Waals surface area contributed by atoms with E-state index in [9.17, 15) is 9.18 Å². The summed E-state index contributed by atoms with van der Waals surface area (Å²) < 4.78 is 12.6. The Bertz CT molecular complexity index is 355. The van der Waals surface area contributed by atoms with Gasteiger partial charge in [0.25, 0.3) is 0 Å². The molecule has 0 aromatic heterocycles. The SMILES string of the molecule is CN(N)C(=O)Cc1ccc(F)cc1Cl. The zero-order valence-electron chi connectivity index (χ0n) is 7.63. The molecule has 0 radical (unpaired) electrons. The van der Waals surface area contributed by atoms with Crippen molar-refractivity contribution >= 4 is 17.5 Å². The van der Waals surface area contributed by atoms with Crippen LogP contribution in [0.2, 0.25) is 5.02 Å². The average Bonchev–Trinajstić information content (AvgIpc) is 2.09. The third kappa shape index (κ3) is 2.68. The number of hydrazine groups is 1. The van der Waals surface area contributed by atoms with E-state index in [0.717, 1.165) is 5.01 Å². The lowest BCUT2D eigenvalue weighted by Gasteiger charge is -2.10. The molecule has 0 aliphatic rings. The highest BCUT2D eigenvalue weighted by atomic mass is 35.5. The van der Waals surface area contributed by atoms with Crippen molar-refractivity contribution in [3.8, 4) is 0 Å². The monoisotopic (exact) mass is 216 g/mol. The summed E-state index contributed by atoms with van der Waals surface area (Å²) in [6, 6.07) is 3.89. The molecule has 14 heavy (non-hydrogen) atoms. The van der Waals surface area contributed by atoms with Gasteiger partial charge in [0.1, 0.15) is 5.82 Å². The molecule has 0 fully saturated rings. The van der Waals surface area contributed by atoms with Gasteiger partial charge in [0, 0.05) is 12.1 Å². The van der Waals surface area contributed by atoms with Gasteiger partial charge >= 0.3 is 0 Å². The molecule has 0 saturated heterocycles. The summed E-state index contributed by atoms with van der Waals surface area (Å²) in [5.41, 5.74) is 0.565. The van der Waals surface area contributed by atoms with E-state index in [0.29, 0.717) is 5.56 Å². The number of carbonyl (C=O) groups is 1. The molecule has 76 valence electrons. The first kappa shape index (κ1) is 10.9. The molecule has 0 bridgehead atoms. The predicted molar refractivity (Wildman–Crippen MR) is 52.1 cm³/mol. The smallest absolute Gasteiger partial charge is 0.240 e. The van der Waals surface area contributed by atoms with Crippen LogP contribution in [0.5, 0.6) is 0 Å². The quantitative estimate of drug-likeness (QED) is 0.461. The number of hydrogen-bond donors (Lipinski definition) is 1. The first-order valence-corrected chi connectivity index (χ1v) is 4.33. The zero-order chi connectivity index (χ0) is 10.7. The fourth-order valence-electron chi connectivity index (χ4n) is 0.953. The Labute approximate surface area is 86.2 Å². The number of rotatable bonds is 2. The first-order valence-electron chi connectivity index (χ1n) is 3.96. The number of amides is 1. The van der Waals surface area contributed by atoms with Crippen molar-refractivity contribution in [2.75, 3.05) is 7.05 Å². The fraction of sp³-hybridized carbons (Fsp3) is 0.222. The van der Waals surface area contributed by atoms with Gasteiger partial charge in [-0.25, -0.2) is 10.2 Å². The summed E-state index contributed by atoms with van der Waals surface area (Å²) in [5.74, 6) is 4.53. The molecule has 0 aliphatic heterocycles. The predicted octanol–water partition coefficient (Wildman–Crippen LogP) is 1.35. The van der Waals surface area contributed by atoms with Crippen LogP contribution in [-0.4, -0.2) is 18.0 Å². The molecular weight excluding hydrogens is 207 g/mol. The maximum absolute atomic E-state index is 12.6. The minimum absolute atomic E-state index is 0.0755. The second kappa shape index (κ2) is 4.39. The summed E-state index contributed by atoms with van der Waals surface area (Å²) in [6.07, 6.45) is 0.0755. The van der Waals surface area contributed by atoms with Gasteiger partial charge in [0.05, 0.1) is 6.42 Å². The Hall–Kier alpha value is -1.13. The Kier molecular flexibility index (Phi) is 3.43. The van der Waals surface area contributed by atoms with Gasteiger partial charge in [-0.2, -0.15) is 0 Å². The highest BCUT2D eigenvalue weighted by molar-refractivity contribution is 6.31. The molecule has 0 atom stereocenters. The van der Waals surface area contributed by atoms with Crippen LogP contribution in [0.15, 0.2) is 18.2 Å². The molecular formula is C9H10ClFN2O. The van der Waals surface area contributed by atoms with Gasteiger partial charge in [-0.3, -0.25) is 9.80 Å². The Morgan fingerprint density at radius 2 is 2.29 bits per heavy atom. The van der Waals surface area contributed by atoms with E-state index >= 15 is 0 Å². The van der Waals surface area contributed by atoms with Crippen molar-refractivity contribution in [3.05, 3.63) is 34.6 Å². The maximum atomic E-state index is 12.6. The highest BCUT2D eigenvalue weighted by Gasteiger charge is 2.09. The number of nitrogens with two attached hydrogens (primary N) is 1. The van der Waals surface area contributed by atoms with Crippen LogP contribution in [0.25, 0.3) is 0 Å². The Morgan fingerprint density at radius 3 is 2.79 bits per heavy atom. The van der Waals surface area contributed by atoms with Gasteiger partial charge in [0.2, 0.25) is 5.91 Å². The van der Waals surface area contributed by atoms with E-state index < -0.39 is 5.82 Å². The molecule has 0 aliphatic carbocycles. The normalized spacial score (nSPS) is 10.0. The molecule has 3 nitrogen and oxygen atoms in total. The first-order chi connectivity index (χ1) is 6.50. The minimum atomic E-state index is -0.424.